The highest BCUT2D eigenvalue weighted by molar-refractivity contribution is 5.90. The fourth-order valence-electron chi connectivity index (χ4n) is 4.74. The molecule has 220 valence electrons. The first-order valence-electron chi connectivity index (χ1n) is 12.7. The van der Waals surface area contributed by atoms with E-state index in [1.165, 1.54) is 11.0 Å². The quantitative estimate of drug-likeness (QED) is 0.452. The molecule has 0 saturated carbocycles. The number of aryl methyl sites for hydroxylation is 1. The number of hydrogen-bond acceptors (Lipinski definition) is 6. The van der Waals surface area contributed by atoms with Gasteiger partial charge in [-0.05, 0) is 54.2 Å². The molecule has 4 rings (SSSR count). The molecule has 2 aromatic rings. The van der Waals surface area contributed by atoms with Gasteiger partial charge in [0, 0.05) is 44.4 Å². The van der Waals surface area contributed by atoms with E-state index in [1.54, 1.807) is 31.2 Å². The summed E-state index contributed by atoms with van der Waals surface area (Å²) in [5, 5.41) is 12.0. The predicted octanol–water partition coefficient (Wildman–Crippen LogP) is 5.00. The van der Waals surface area contributed by atoms with Gasteiger partial charge in [0.05, 0.1) is 19.8 Å². The molecule has 2 atom stereocenters. The lowest BCUT2D eigenvalue weighted by Crippen LogP contribution is -2.38. The molecular formula is C26H30F6N4O4. The molecule has 14 heteroatoms. The van der Waals surface area contributed by atoms with Crippen LogP contribution in [0.3, 0.4) is 0 Å². The van der Waals surface area contributed by atoms with Gasteiger partial charge in [0.15, 0.2) is 0 Å². The number of nitrogens with one attached hydrogen (secondary N) is 1. The van der Waals surface area contributed by atoms with E-state index in [2.05, 4.69) is 10.3 Å². The number of aliphatic hydroxyl groups excluding tert-OH is 1. The Morgan fingerprint density at radius 2 is 1.88 bits per heavy atom. The van der Waals surface area contributed by atoms with Gasteiger partial charge in [0.1, 0.15) is 5.82 Å². The average Bonchev–Trinajstić information content (AvgIpc) is 3.35. The third kappa shape index (κ3) is 7.68. The number of morpholine rings is 1. The maximum Gasteiger partial charge on any atom is 0.427 e. The lowest BCUT2D eigenvalue weighted by Gasteiger charge is -2.29. The van der Waals surface area contributed by atoms with Gasteiger partial charge >= 0.3 is 18.4 Å². The maximum absolute atomic E-state index is 13.3. The molecule has 40 heavy (non-hydrogen) atoms. The normalized spacial score (nSPS) is 19.1. The molecule has 8 nitrogen and oxygen atoms in total. The van der Waals surface area contributed by atoms with Gasteiger partial charge in [-0.15, -0.1) is 0 Å². The molecule has 0 aliphatic carbocycles. The zero-order chi connectivity index (χ0) is 29.1. The number of carbonyl (C=O) groups excluding carboxylic acids is 1. The molecule has 2 amide bonds. The Balaban J connectivity index is 1.59. The van der Waals surface area contributed by atoms with Crippen molar-refractivity contribution in [3.63, 3.8) is 0 Å². The number of urea groups is 1. The molecule has 0 bridgehead atoms. The standard InChI is InChI=1S/C26H30F6N4O4/c1-16-2-3-19(33-24(38)36-5-4-17(14-36)13-25(27,28)29)12-20(16)18-10-22(35-6-8-39-9-7-35)34-23(11-18)40-21(15-37)26(30,31)32/h2-3,10-12,17,21,37H,4-9,13-15H2,1H3,(H,33,38)/t17-,21-/m0/s1. The maximum atomic E-state index is 13.3. The Morgan fingerprint density at radius 3 is 2.52 bits per heavy atom. The number of likely N-dealkylation sites (tertiary alicyclic amines) is 1. The zero-order valence-electron chi connectivity index (χ0n) is 21.7. The highest BCUT2D eigenvalue weighted by Gasteiger charge is 2.42. The summed E-state index contributed by atoms with van der Waals surface area (Å²) in [5.74, 6) is -0.638. The fraction of sp³-hybridized carbons (Fsp3) is 0.538. The van der Waals surface area contributed by atoms with Crippen molar-refractivity contribution in [2.45, 2.75) is 38.2 Å². The van der Waals surface area contributed by atoms with E-state index in [4.69, 9.17) is 9.47 Å². The van der Waals surface area contributed by atoms with Crippen molar-refractivity contribution in [2.24, 2.45) is 5.92 Å². The summed E-state index contributed by atoms with van der Waals surface area (Å²) in [6.07, 6.45) is -12.3. The van der Waals surface area contributed by atoms with E-state index in [9.17, 15) is 36.2 Å². The molecule has 2 aliphatic rings. The lowest BCUT2D eigenvalue weighted by atomic mass is 10.00. The van der Waals surface area contributed by atoms with Crippen LogP contribution in [0.5, 0.6) is 5.88 Å². The van der Waals surface area contributed by atoms with Crippen LogP contribution in [0, 0.1) is 12.8 Å². The molecule has 2 saturated heterocycles. The molecule has 1 aromatic carbocycles. The van der Waals surface area contributed by atoms with Crippen molar-refractivity contribution in [3.05, 3.63) is 35.9 Å². The minimum atomic E-state index is -4.82. The van der Waals surface area contributed by atoms with Gasteiger partial charge in [-0.3, -0.25) is 0 Å². The summed E-state index contributed by atoms with van der Waals surface area (Å²) in [4.78, 5) is 20.2. The molecule has 2 aliphatic heterocycles. The lowest BCUT2D eigenvalue weighted by molar-refractivity contribution is -0.204. The first-order chi connectivity index (χ1) is 18.8. The summed E-state index contributed by atoms with van der Waals surface area (Å²) in [5.41, 5.74) is 2.14. The number of halogens is 6. The minimum Gasteiger partial charge on any atom is -0.462 e. The molecule has 2 N–H and O–H groups in total. The number of nitrogens with zero attached hydrogens (tertiary/aromatic N) is 3. The second kappa shape index (κ2) is 12.1. The molecule has 0 radical (unpaired) electrons. The number of aliphatic hydroxyl groups is 1. The number of ether oxygens (including phenoxy) is 2. The Kier molecular flexibility index (Phi) is 8.98. The smallest absolute Gasteiger partial charge is 0.427 e. The SMILES string of the molecule is Cc1ccc(NC(=O)N2CC[C@@H](CC(F)(F)F)C2)cc1-c1cc(O[C@@H](CO)C(F)(F)F)nc(N2CCOCC2)c1. The van der Waals surface area contributed by atoms with Gasteiger partial charge in [-0.2, -0.15) is 31.3 Å². The Morgan fingerprint density at radius 1 is 1.15 bits per heavy atom. The Bertz CT molecular complexity index is 1190. The number of carbonyl (C=O) groups is 1. The molecular weight excluding hydrogens is 546 g/mol. The summed E-state index contributed by atoms with van der Waals surface area (Å²) < 4.78 is 88.6. The van der Waals surface area contributed by atoms with E-state index < -0.39 is 43.4 Å². The van der Waals surface area contributed by atoms with Crippen LogP contribution in [0.25, 0.3) is 11.1 Å². The van der Waals surface area contributed by atoms with Crippen molar-refractivity contribution in [1.29, 1.82) is 0 Å². The van der Waals surface area contributed by atoms with Crippen LogP contribution in [0.1, 0.15) is 18.4 Å². The van der Waals surface area contributed by atoms with E-state index in [0.717, 1.165) is 5.56 Å². The van der Waals surface area contributed by atoms with Crippen LogP contribution in [0.15, 0.2) is 30.3 Å². The average molecular weight is 577 g/mol. The van der Waals surface area contributed by atoms with Crippen LogP contribution in [0.4, 0.5) is 42.6 Å². The second-order valence-electron chi connectivity index (χ2n) is 9.86. The van der Waals surface area contributed by atoms with Crippen molar-refractivity contribution in [2.75, 3.05) is 56.2 Å². The van der Waals surface area contributed by atoms with Crippen molar-refractivity contribution in [1.82, 2.24) is 9.88 Å². The predicted molar refractivity (Wildman–Crippen MR) is 134 cm³/mol. The number of aromatic nitrogens is 1. The van der Waals surface area contributed by atoms with Gasteiger partial charge < -0.3 is 29.7 Å². The zero-order valence-corrected chi connectivity index (χ0v) is 21.7. The van der Waals surface area contributed by atoms with Gasteiger partial charge in [0.25, 0.3) is 0 Å². The van der Waals surface area contributed by atoms with E-state index in [-0.39, 0.29) is 25.4 Å². The van der Waals surface area contributed by atoms with Gasteiger partial charge in [-0.25, -0.2) is 4.79 Å². The molecule has 1 aromatic heterocycles. The van der Waals surface area contributed by atoms with Crippen molar-refractivity contribution < 1.29 is 45.7 Å². The number of amides is 2. The third-order valence-corrected chi connectivity index (χ3v) is 6.81. The van der Waals surface area contributed by atoms with Crippen molar-refractivity contribution in [3.8, 4) is 17.0 Å². The number of benzene rings is 1. The summed E-state index contributed by atoms with van der Waals surface area (Å²) >= 11 is 0. The van der Waals surface area contributed by atoms with Crippen LogP contribution in [0.2, 0.25) is 0 Å². The van der Waals surface area contributed by atoms with Crippen LogP contribution < -0.4 is 15.0 Å². The largest absolute Gasteiger partial charge is 0.462 e. The first-order valence-corrected chi connectivity index (χ1v) is 12.7. The van der Waals surface area contributed by atoms with E-state index in [1.807, 2.05) is 4.90 Å². The Hall–Kier alpha value is -3.26. The summed E-state index contributed by atoms with van der Waals surface area (Å²) in [7, 11) is 0. The summed E-state index contributed by atoms with van der Waals surface area (Å²) in [6, 6.07) is 7.45. The molecule has 2 fully saturated rings. The number of hydrogen-bond donors (Lipinski definition) is 2. The Labute approximate surface area is 226 Å². The topological polar surface area (TPSA) is 87.2 Å². The first kappa shape index (κ1) is 29.7. The van der Waals surface area contributed by atoms with E-state index >= 15 is 0 Å². The minimum absolute atomic E-state index is 0.0107. The van der Waals surface area contributed by atoms with Crippen molar-refractivity contribution >= 4 is 17.5 Å². The van der Waals surface area contributed by atoms with Crippen LogP contribution >= 0.6 is 0 Å². The van der Waals surface area contributed by atoms with Crippen LogP contribution in [-0.2, 0) is 4.74 Å². The number of pyridine rings is 1. The monoisotopic (exact) mass is 576 g/mol. The van der Waals surface area contributed by atoms with Gasteiger partial charge in [0.2, 0.25) is 12.0 Å². The molecule has 3 heterocycles. The highest BCUT2D eigenvalue weighted by atomic mass is 19.4. The highest BCUT2D eigenvalue weighted by Crippen LogP contribution is 2.34. The van der Waals surface area contributed by atoms with Crippen LogP contribution in [-0.4, -0.2) is 85.5 Å². The number of alkyl halides is 6. The number of rotatable bonds is 7. The second-order valence-corrected chi connectivity index (χ2v) is 9.86. The summed E-state index contributed by atoms with van der Waals surface area (Å²) in [6.45, 7) is 2.41. The fourth-order valence-corrected chi connectivity index (χ4v) is 4.74. The molecule has 0 unspecified atom stereocenters. The third-order valence-electron chi connectivity index (χ3n) is 6.81. The molecule has 0 spiro atoms. The van der Waals surface area contributed by atoms with Gasteiger partial charge in [-0.1, -0.05) is 6.07 Å². The number of anilines is 2. The van der Waals surface area contributed by atoms with E-state index in [0.29, 0.717) is 48.9 Å².